The Balaban J connectivity index is 0.00000280. The fourth-order valence-corrected chi connectivity index (χ4v) is 3.30. The van der Waals surface area contributed by atoms with Gasteiger partial charge in [-0.1, -0.05) is 24.3 Å². The van der Waals surface area contributed by atoms with Crippen LogP contribution < -0.4 is 10.6 Å². The molecular weight excluding hydrogens is 378 g/mol. The third-order valence-corrected chi connectivity index (χ3v) is 4.84. The molecule has 0 spiro atoms. The van der Waals surface area contributed by atoms with Crippen LogP contribution in [0.15, 0.2) is 36.7 Å². The Bertz CT molecular complexity index is 734. The van der Waals surface area contributed by atoms with Crippen LogP contribution in [0, 0.1) is 0 Å². The van der Waals surface area contributed by atoms with Crippen molar-refractivity contribution in [2.45, 2.75) is 26.1 Å². The minimum Gasteiger partial charge on any atom is -0.377 e. The van der Waals surface area contributed by atoms with Crippen molar-refractivity contribution in [2.24, 2.45) is 7.05 Å². The molecule has 8 heteroatoms. The predicted octanol–water partition coefficient (Wildman–Crippen LogP) is 1.64. The molecule has 7 nitrogen and oxygen atoms in total. The molecule has 1 saturated heterocycles. The lowest BCUT2D eigenvalue weighted by atomic mass is 10.1. The summed E-state index contributed by atoms with van der Waals surface area (Å²) in [6, 6.07) is 8.28. The zero-order valence-corrected chi connectivity index (χ0v) is 17.4. The molecule has 1 aliphatic rings. The smallest absolute Gasteiger partial charge is 0.234 e. The van der Waals surface area contributed by atoms with Crippen molar-refractivity contribution in [3.8, 4) is 0 Å². The van der Waals surface area contributed by atoms with Crippen molar-refractivity contribution in [3.63, 3.8) is 0 Å². The van der Waals surface area contributed by atoms with Gasteiger partial charge in [-0.25, -0.2) is 4.98 Å². The summed E-state index contributed by atoms with van der Waals surface area (Å²) < 4.78 is 7.42. The van der Waals surface area contributed by atoms with Gasteiger partial charge in [0.2, 0.25) is 5.91 Å². The predicted molar refractivity (Wildman–Crippen MR) is 111 cm³/mol. The minimum atomic E-state index is 0. The number of carbonyl (C=O) groups is 1. The highest BCUT2D eigenvalue weighted by molar-refractivity contribution is 5.85. The number of ether oxygens (including phenoxy) is 1. The molecule has 1 unspecified atom stereocenters. The van der Waals surface area contributed by atoms with Crippen molar-refractivity contribution in [3.05, 3.63) is 53.6 Å². The molecule has 2 heterocycles. The number of imidazole rings is 1. The number of nitrogens with zero attached hydrogens (tertiary/aromatic N) is 3. The van der Waals surface area contributed by atoms with Crippen LogP contribution in [0.5, 0.6) is 0 Å². The fraction of sp³-hybridized carbons (Fsp3) is 0.500. The highest BCUT2D eigenvalue weighted by Gasteiger charge is 2.28. The average molecular weight is 408 g/mol. The van der Waals surface area contributed by atoms with Gasteiger partial charge in [-0.15, -0.1) is 12.4 Å². The Labute approximate surface area is 172 Å². The summed E-state index contributed by atoms with van der Waals surface area (Å²) in [5.74, 6) is 1.02. The average Bonchev–Trinajstić information content (AvgIpc) is 3.12. The molecular formula is C20H30ClN5O2. The van der Waals surface area contributed by atoms with Crippen LogP contribution in [0.2, 0.25) is 0 Å². The molecule has 2 N–H and O–H groups in total. The standard InChI is InChI=1S/C20H29N5O2.ClH/c1-3-27-15-17-6-4-16(5-7-17)12-23-19(26)14-25-11-8-21-13-18(25)20-22-9-10-24(20)2;/h4-7,9-10,18,21H,3,8,11-15H2,1-2H3,(H,23,26);1H. The monoisotopic (exact) mass is 407 g/mol. The SMILES string of the molecule is CCOCc1ccc(CNC(=O)CN2CCNCC2c2nccn2C)cc1.Cl. The van der Waals surface area contributed by atoms with Crippen LogP contribution in [0.4, 0.5) is 0 Å². The van der Waals surface area contributed by atoms with Crippen molar-refractivity contribution in [1.82, 2.24) is 25.1 Å². The van der Waals surface area contributed by atoms with E-state index in [1.54, 1.807) is 6.20 Å². The van der Waals surface area contributed by atoms with E-state index in [1.165, 1.54) is 0 Å². The molecule has 0 radical (unpaired) electrons. The largest absolute Gasteiger partial charge is 0.377 e. The molecule has 28 heavy (non-hydrogen) atoms. The molecule has 0 aliphatic carbocycles. The summed E-state index contributed by atoms with van der Waals surface area (Å²) in [4.78, 5) is 19.1. The van der Waals surface area contributed by atoms with E-state index in [1.807, 2.05) is 49.0 Å². The maximum Gasteiger partial charge on any atom is 0.234 e. The molecule has 0 saturated carbocycles. The van der Waals surface area contributed by atoms with Crippen molar-refractivity contribution >= 4 is 18.3 Å². The summed E-state index contributed by atoms with van der Waals surface area (Å²) >= 11 is 0. The number of piperazine rings is 1. The third kappa shape index (κ3) is 6.04. The molecule has 154 valence electrons. The Morgan fingerprint density at radius 1 is 1.32 bits per heavy atom. The number of aromatic nitrogens is 2. The summed E-state index contributed by atoms with van der Waals surface area (Å²) in [6.45, 7) is 6.76. The molecule has 1 atom stereocenters. The summed E-state index contributed by atoms with van der Waals surface area (Å²) in [6.07, 6.45) is 3.74. The molecule has 2 aromatic rings. The first-order valence-electron chi connectivity index (χ1n) is 9.51. The van der Waals surface area contributed by atoms with Gasteiger partial charge in [0.05, 0.1) is 19.2 Å². The van der Waals surface area contributed by atoms with Gasteiger partial charge in [0.15, 0.2) is 0 Å². The summed E-state index contributed by atoms with van der Waals surface area (Å²) in [5, 5.41) is 6.42. The quantitative estimate of drug-likeness (QED) is 0.696. The van der Waals surface area contributed by atoms with E-state index in [2.05, 4.69) is 20.5 Å². The zero-order chi connectivity index (χ0) is 19.1. The first-order chi connectivity index (χ1) is 13.2. The number of carbonyl (C=O) groups excluding carboxylic acids is 1. The van der Waals surface area contributed by atoms with Crippen molar-refractivity contribution < 1.29 is 9.53 Å². The number of aryl methyl sites for hydroxylation is 1. The number of nitrogens with one attached hydrogen (secondary N) is 2. The van der Waals surface area contributed by atoms with Crippen molar-refractivity contribution in [2.75, 3.05) is 32.8 Å². The molecule has 0 bridgehead atoms. The Kier molecular flexibility index (Phi) is 8.92. The second kappa shape index (κ2) is 11.2. The number of hydrogen-bond acceptors (Lipinski definition) is 5. The van der Waals surface area contributed by atoms with Crippen LogP contribution in [0.25, 0.3) is 0 Å². The molecule has 1 aromatic heterocycles. The van der Waals surface area contributed by atoms with Crippen molar-refractivity contribution in [1.29, 1.82) is 0 Å². The molecule has 1 amide bonds. The highest BCUT2D eigenvalue weighted by atomic mass is 35.5. The van der Waals surface area contributed by atoms with Gasteiger partial charge in [0.25, 0.3) is 0 Å². The van der Waals surface area contributed by atoms with Gasteiger partial charge in [0.1, 0.15) is 5.82 Å². The maximum atomic E-state index is 12.5. The van der Waals surface area contributed by atoms with Crippen LogP contribution >= 0.6 is 12.4 Å². The van der Waals surface area contributed by atoms with Crippen LogP contribution in [0.1, 0.15) is 29.9 Å². The number of benzene rings is 1. The third-order valence-electron chi connectivity index (χ3n) is 4.84. The first kappa shape index (κ1) is 22.4. The second-order valence-corrected chi connectivity index (χ2v) is 6.82. The molecule has 1 aromatic carbocycles. The normalized spacial score (nSPS) is 17.1. The van der Waals surface area contributed by atoms with E-state index < -0.39 is 0 Å². The first-order valence-corrected chi connectivity index (χ1v) is 9.51. The van der Waals surface area contributed by atoms with E-state index in [9.17, 15) is 4.79 Å². The van der Waals surface area contributed by atoms with Gasteiger partial charge in [-0.2, -0.15) is 0 Å². The van der Waals surface area contributed by atoms with Gasteiger partial charge < -0.3 is 19.9 Å². The fourth-order valence-electron chi connectivity index (χ4n) is 3.30. The maximum absolute atomic E-state index is 12.5. The minimum absolute atomic E-state index is 0. The number of rotatable bonds is 8. The molecule has 3 rings (SSSR count). The Morgan fingerprint density at radius 3 is 2.75 bits per heavy atom. The second-order valence-electron chi connectivity index (χ2n) is 6.82. The van der Waals surface area contributed by atoms with Gasteiger partial charge in [-0.3, -0.25) is 9.69 Å². The Morgan fingerprint density at radius 2 is 2.07 bits per heavy atom. The van der Waals surface area contributed by atoms with Gasteiger partial charge >= 0.3 is 0 Å². The lowest BCUT2D eigenvalue weighted by Crippen LogP contribution is -2.50. The molecule has 1 aliphatic heterocycles. The Hall–Kier alpha value is -1.93. The van der Waals surface area contributed by atoms with Crippen LogP contribution in [0.3, 0.4) is 0 Å². The van der Waals surface area contributed by atoms with Crippen LogP contribution in [-0.2, 0) is 29.7 Å². The summed E-state index contributed by atoms with van der Waals surface area (Å²) in [5.41, 5.74) is 2.23. The van der Waals surface area contributed by atoms with E-state index >= 15 is 0 Å². The zero-order valence-electron chi connectivity index (χ0n) is 16.6. The highest BCUT2D eigenvalue weighted by Crippen LogP contribution is 2.19. The lowest BCUT2D eigenvalue weighted by Gasteiger charge is -2.35. The number of hydrogen-bond donors (Lipinski definition) is 2. The van der Waals surface area contributed by atoms with Crippen LogP contribution in [-0.4, -0.2) is 53.1 Å². The van der Waals surface area contributed by atoms with Gasteiger partial charge in [-0.05, 0) is 18.1 Å². The molecule has 1 fully saturated rings. The summed E-state index contributed by atoms with van der Waals surface area (Å²) in [7, 11) is 1.99. The topological polar surface area (TPSA) is 71.4 Å². The lowest BCUT2D eigenvalue weighted by molar-refractivity contribution is -0.123. The van der Waals surface area contributed by atoms with E-state index in [0.29, 0.717) is 26.3 Å². The van der Waals surface area contributed by atoms with E-state index in [0.717, 1.165) is 36.6 Å². The van der Waals surface area contributed by atoms with E-state index in [-0.39, 0.29) is 24.4 Å². The number of amides is 1. The van der Waals surface area contributed by atoms with E-state index in [4.69, 9.17) is 4.74 Å². The van der Waals surface area contributed by atoms with Gasteiger partial charge in [0, 0.05) is 52.2 Å². The number of halogens is 1.